The molecule has 0 aromatic carbocycles. The largest absolute Gasteiger partial charge is 0.317 e. The minimum Gasteiger partial charge on any atom is -0.317 e. The molecule has 0 aliphatic carbocycles. The van der Waals surface area contributed by atoms with E-state index in [1.807, 2.05) is 0 Å². The molecule has 3 heteroatoms. The second-order valence-corrected chi connectivity index (χ2v) is 4.72. The van der Waals surface area contributed by atoms with Crippen LogP contribution in [0.15, 0.2) is 0 Å². The molecule has 1 aliphatic heterocycles. The van der Waals surface area contributed by atoms with Crippen LogP contribution in [-0.4, -0.2) is 39.3 Å². The van der Waals surface area contributed by atoms with E-state index >= 15 is 0 Å². The van der Waals surface area contributed by atoms with E-state index in [0.717, 1.165) is 19.6 Å². The summed E-state index contributed by atoms with van der Waals surface area (Å²) in [7, 11) is 0. The fraction of sp³-hybridized carbons (Fsp3) is 1.00. The quantitative estimate of drug-likeness (QED) is 0.587. The van der Waals surface area contributed by atoms with Crippen molar-refractivity contribution in [2.24, 2.45) is 0 Å². The fourth-order valence-corrected chi connectivity index (χ4v) is 2.10. The van der Waals surface area contributed by atoms with Crippen molar-refractivity contribution in [3.05, 3.63) is 0 Å². The molecule has 1 heterocycles. The molecule has 0 spiro atoms. The molecule has 16 heavy (non-hydrogen) atoms. The van der Waals surface area contributed by atoms with E-state index in [-0.39, 0.29) is 0 Å². The van der Waals surface area contributed by atoms with Gasteiger partial charge in [0.05, 0.1) is 0 Å². The summed E-state index contributed by atoms with van der Waals surface area (Å²) < 4.78 is 0. The first kappa shape index (κ1) is 13.9. The predicted octanol–water partition coefficient (Wildman–Crippen LogP) is 1.50. The molecule has 0 aromatic heterocycles. The van der Waals surface area contributed by atoms with Gasteiger partial charge in [-0.15, -0.1) is 0 Å². The number of nitrogens with one attached hydrogen (secondary N) is 3. The van der Waals surface area contributed by atoms with E-state index in [2.05, 4.69) is 16.0 Å². The molecule has 0 unspecified atom stereocenters. The van der Waals surface area contributed by atoms with Gasteiger partial charge in [-0.05, 0) is 45.4 Å². The van der Waals surface area contributed by atoms with Gasteiger partial charge in [0.1, 0.15) is 0 Å². The van der Waals surface area contributed by atoms with Crippen molar-refractivity contribution < 1.29 is 0 Å². The molecule has 0 saturated carbocycles. The van der Waals surface area contributed by atoms with Crippen LogP contribution in [0, 0.1) is 0 Å². The Bertz CT molecular complexity index is 75.1. The van der Waals surface area contributed by atoms with Crippen LogP contribution >= 0.6 is 0 Å². The maximum Gasteiger partial charge on any atom is 0.00767 e. The normalized spacial score (nSPS) is 24.0. The summed E-state index contributed by atoms with van der Waals surface area (Å²) >= 11 is 0. The van der Waals surface area contributed by atoms with Gasteiger partial charge in [-0.1, -0.05) is 25.7 Å². The number of hydrogen-bond acceptors (Lipinski definition) is 3. The molecule has 0 amide bonds. The lowest BCUT2D eigenvalue weighted by Crippen LogP contribution is -2.30. The summed E-state index contributed by atoms with van der Waals surface area (Å²) in [5, 5.41) is 10.5. The summed E-state index contributed by atoms with van der Waals surface area (Å²) in [6, 6.07) is 0. The maximum atomic E-state index is 3.51. The summed E-state index contributed by atoms with van der Waals surface area (Å²) in [6.07, 6.45) is 9.58. The first-order valence-corrected chi connectivity index (χ1v) is 7.12. The molecule has 3 nitrogen and oxygen atoms in total. The third kappa shape index (κ3) is 9.13. The van der Waals surface area contributed by atoms with Gasteiger partial charge >= 0.3 is 0 Å². The van der Waals surface area contributed by atoms with Crippen molar-refractivity contribution in [1.82, 2.24) is 16.0 Å². The van der Waals surface area contributed by atoms with Crippen molar-refractivity contribution in [1.29, 1.82) is 0 Å². The van der Waals surface area contributed by atoms with Crippen molar-refractivity contribution in [2.75, 3.05) is 39.3 Å². The molecule has 0 atom stereocenters. The highest BCUT2D eigenvalue weighted by atomic mass is 14.9. The molecule has 0 bridgehead atoms. The fourth-order valence-electron chi connectivity index (χ4n) is 2.10. The summed E-state index contributed by atoms with van der Waals surface area (Å²) in [6.45, 7) is 6.95. The smallest absolute Gasteiger partial charge is 0.00767 e. The minimum atomic E-state index is 1.11. The highest BCUT2D eigenvalue weighted by Crippen LogP contribution is 2.04. The van der Waals surface area contributed by atoms with Gasteiger partial charge in [-0.25, -0.2) is 0 Å². The molecule has 1 fully saturated rings. The van der Waals surface area contributed by atoms with E-state index in [1.54, 1.807) is 0 Å². The Morgan fingerprint density at radius 1 is 0.312 bits per heavy atom. The predicted molar refractivity (Wildman–Crippen MR) is 70.9 cm³/mol. The van der Waals surface area contributed by atoms with Crippen molar-refractivity contribution in [3.8, 4) is 0 Å². The van der Waals surface area contributed by atoms with Crippen molar-refractivity contribution in [2.45, 2.75) is 44.9 Å². The molecule has 96 valence electrons. The van der Waals surface area contributed by atoms with Gasteiger partial charge < -0.3 is 16.0 Å². The van der Waals surface area contributed by atoms with Crippen molar-refractivity contribution in [3.63, 3.8) is 0 Å². The molecule has 3 N–H and O–H groups in total. The average molecular weight is 227 g/mol. The third-order valence-corrected chi connectivity index (χ3v) is 3.14. The average Bonchev–Trinajstić information content (AvgIpc) is 2.29. The van der Waals surface area contributed by atoms with E-state index in [1.165, 1.54) is 64.6 Å². The first-order valence-electron chi connectivity index (χ1n) is 7.12. The lowest BCUT2D eigenvalue weighted by molar-refractivity contribution is 0.521. The lowest BCUT2D eigenvalue weighted by Gasteiger charge is -2.09. The van der Waals surface area contributed by atoms with Crippen LogP contribution in [0.2, 0.25) is 0 Å². The van der Waals surface area contributed by atoms with E-state index in [4.69, 9.17) is 0 Å². The Hall–Kier alpha value is -0.120. The second kappa shape index (κ2) is 11.4. The molecule has 1 saturated heterocycles. The summed E-state index contributed by atoms with van der Waals surface area (Å²) in [5.74, 6) is 0. The number of hydrogen-bond donors (Lipinski definition) is 3. The summed E-state index contributed by atoms with van der Waals surface area (Å²) in [4.78, 5) is 0. The SMILES string of the molecule is C1CCCCNCCNCCCNCCC1. The molecular formula is C13H29N3. The maximum absolute atomic E-state index is 3.51. The van der Waals surface area contributed by atoms with Gasteiger partial charge in [0.2, 0.25) is 0 Å². The van der Waals surface area contributed by atoms with Crippen LogP contribution in [0.4, 0.5) is 0 Å². The molecule has 1 rings (SSSR count). The van der Waals surface area contributed by atoms with E-state index in [0.29, 0.717) is 0 Å². The number of rotatable bonds is 0. The lowest BCUT2D eigenvalue weighted by atomic mass is 10.1. The highest BCUT2D eigenvalue weighted by Gasteiger charge is 1.94. The molecular weight excluding hydrogens is 198 g/mol. The van der Waals surface area contributed by atoms with Gasteiger partial charge in [-0.3, -0.25) is 0 Å². The Balaban J connectivity index is 2.00. The van der Waals surface area contributed by atoms with Crippen LogP contribution in [0.5, 0.6) is 0 Å². The van der Waals surface area contributed by atoms with E-state index in [9.17, 15) is 0 Å². The van der Waals surface area contributed by atoms with Crippen LogP contribution in [-0.2, 0) is 0 Å². The van der Waals surface area contributed by atoms with Gasteiger partial charge in [0.25, 0.3) is 0 Å². The van der Waals surface area contributed by atoms with E-state index < -0.39 is 0 Å². The Morgan fingerprint density at radius 2 is 0.688 bits per heavy atom. The minimum absolute atomic E-state index is 1.11. The molecule has 0 radical (unpaired) electrons. The zero-order valence-corrected chi connectivity index (χ0v) is 10.7. The Morgan fingerprint density at radius 3 is 1.25 bits per heavy atom. The van der Waals surface area contributed by atoms with Gasteiger partial charge in [-0.2, -0.15) is 0 Å². The molecule has 0 aromatic rings. The summed E-state index contributed by atoms with van der Waals surface area (Å²) in [5.41, 5.74) is 0. The first-order chi connectivity index (χ1) is 8.00. The van der Waals surface area contributed by atoms with Gasteiger partial charge in [0.15, 0.2) is 0 Å². The Kier molecular flexibility index (Phi) is 9.91. The van der Waals surface area contributed by atoms with Crippen LogP contribution < -0.4 is 16.0 Å². The standard InChI is InChI=1S/C13H29N3/c1-2-4-6-9-15-12-13-16-11-7-10-14-8-5-3-1/h14-16H,1-13H2. The highest BCUT2D eigenvalue weighted by molar-refractivity contribution is 4.56. The topological polar surface area (TPSA) is 36.1 Å². The third-order valence-electron chi connectivity index (χ3n) is 3.14. The van der Waals surface area contributed by atoms with Crippen LogP contribution in [0.25, 0.3) is 0 Å². The van der Waals surface area contributed by atoms with Crippen LogP contribution in [0.1, 0.15) is 44.9 Å². The zero-order valence-electron chi connectivity index (χ0n) is 10.7. The van der Waals surface area contributed by atoms with Gasteiger partial charge in [0, 0.05) is 13.1 Å². The van der Waals surface area contributed by atoms with Crippen LogP contribution in [0.3, 0.4) is 0 Å². The van der Waals surface area contributed by atoms with Crippen molar-refractivity contribution >= 4 is 0 Å². The Labute approximate surface area is 101 Å². The molecule has 1 aliphatic rings. The second-order valence-electron chi connectivity index (χ2n) is 4.72. The zero-order chi connectivity index (χ0) is 11.3. The monoisotopic (exact) mass is 227 g/mol.